The molecule has 0 amide bonds. The topological polar surface area (TPSA) is 38.9 Å². The van der Waals surface area contributed by atoms with E-state index in [1.165, 1.54) is 12.4 Å². The van der Waals surface area contributed by atoms with Crippen LogP contribution in [0.2, 0.25) is 5.02 Å². The Bertz CT molecular complexity index is 543. The van der Waals surface area contributed by atoms with E-state index in [9.17, 15) is 4.39 Å². The Hall–Kier alpha value is -1.45. The molecule has 0 aliphatic heterocycles. The van der Waals surface area contributed by atoms with Gasteiger partial charge in [-0.1, -0.05) is 17.7 Å². The Morgan fingerprint density at radius 1 is 1.29 bits per heavy atom. The Morgan fingerprint density at radius 2 is 2.06 bits per heavy atom. The third-order valence-corrected chi connectivity index (χ3v) is 2.94. The highest BCUT2D eigenvalue weighted by Crippen LogP contribution is 2.26. The fraction of sp³-hybridized carbons (Fsp3) is 0.154. The van der Waals surface area contributed by atoms with Crippen molar-refractivity contribution in [1.29, 1.82) is 0 Å². The lowest BCUT2D eigenvalue weighted by Gasteiger charge is -2.15. The van der Waals surface area contributed by atoms with E-state index >= 15 is 0 Å². The average molecular weight is 251 g/mol. The molecule has 2 N–H and O–H groups in total. The summed E-state index contributed by atoms with van der Waals surface area (Å²) in [6.07, 6.45) is 2.70. The van der Waals surface area contributed by atoms with Crippen LogP contribution in [0.5, 0.6) is 0 Å². The highest BCUT2D eigenvalue weighted by atomic mass is 35.5. The Morgan fingerprint density at radius 3 is 2.71 bits per heavy atom. The second-order valence-corrected chi connectivity index (χ2v) is 4.31. The first-order valence-electron chi connectivity index (χ1n) is 5.20. The molecular formula is C13H12ClFN2. The van der Waals surface area contributed by atoms with E-state index in [0.717, 1.165) is 11.1 Å². The van der Waals surface area contributed by atoms with Gasteiger partial charge in [0.1, 0.15) is 5.82 Å². The van der Waals surface area contributed by atoms with Crippen LogP contribution >= 0.6 is 11.6 Å². The van der Waals surface area contributed by atoms with Crippen molar-refractivity contribution in [1.82, 2.24) is 4.98 Å². The molecule has 4 heteroatoms. The number of rotatable bonds is 2. The lowest BCUT2D eigenvalue weighted by molar-refractivity contribution is 0.593. The summed E-state index contributed by atoms with van der Waals surface area (Å²) in [4.78, 5) is 3.71. The number of pyridine rings is 1. The molecule has 1 unspecified atom stereocenters. The molecular weight excluding hydrogens is 239 g/mol. The molecule has 0 radical (unpaired) electrons. The predicted octanol–water partition coefficient (Wildman–Crippen LogP) is 3.23. The third kappa shape index (κ3) is 2.46. The standard InChI is InChI=1S/C13H12ClFN2/c1-8-6-9(14)2-3-10(8)13(16)11-4-5-17-7-12(11)15/h2-7,13H,16H2,1H3. The van der Waals surface area contributed by atoms with E-state index in [2.05, 4.69) is 4.98 Å². The van der Waals surface area contributed by atoms with Gasteiger partial charge in [-0.2, -0.15) is 0 Å². The van der Waals surface area contributed by atoms with Crippen molar-refractivity contribution in [2.45, 2.75) is 13.0 Å². The number of hydrogen-bond donors (Lipinski definition) is 1. The van der Waals surface area contributed by atoms with Gasteiger partial charge in [0.15, 0.2) is 0 Å². The summed E-state index contributed by atoms with van der Waals surface area (Å²) in [6, 6.07) is 6.48. The number of hydrogen-bond acceptors (Lipinski definition) is 2. The lowest BCUT2D eigenvalue weighted by atomic mass is 9.96. The molecule has 0 aliphatic rings. The molecule has 0 fully saturated rings. The van der Waals surface area contributed by atoms with Crippen LogP contribution < -0.4 is 5.73 Å². The molecule has 0 saturated heterocycles. The molecule has 0 bridgehead atoms. The molecule has 0 aliphatic carbocycles. The molecule has 0 saturated carbocycles. The Labute approximate surface area is 104 Å². The minimum atomic E-state index is -0.504. The molecule has 1 aromatic heterocycles. The molecule has 2 nitrogen and oxygen atoms in total. The summed E-state index contributed by atoms with van der Waals surface area (Å²) in [5.74, 6) is -0.394. The van der Waals surface area contributed by atoms with Crippen molar-refractivity contribution in [3.8, 4) is 0 Å². The number of aromatic nitrogens is 1. The molecule has 1 heterocycles. The van der Waals surface area contributed by atoms with Gasteiger partial charge in [0.25, 0.3) is 0 Å². The highest BCUT2D eigenvalue weighted by Gasteiger charge is 2.15. The Balaban J connectivity index is 2.44. The zero-order valence-corrected chi connectivity index (χ0v) is 10.1. The van der Waals surface area contributed by atoms with Crippen molar-refractivity contribution in [3.63, 3.8) is 0 Å². The van der Waals surface area contributed by atoms with Gasteiger partial charge in [-0.05, 0) is 36.2 Å². The van der Waals surface area contributed by atoms with Gasteiger partial charge in [0.05, 0.1) is 12.2 Å². The van der Waals surface area contributed by atoms with Gasteiger partial charge in [0.2, 0.25) is 0 Å². The zero-order chi connectivity index (χ0) is 12.4. The number of halogens is 2. The van der Waals surface area contributed by atoms with E-state index in [-0.39, 0.29) is 0 Å². The van der Waals surface area contributed by atoms with E-state index in [1.54, 1.807) is 12.1 Å². The van der Waals surface area contributed by atoms with Gasteiger partial charge in [-0.3, -0.25) is 4.98 Å². The molecule has 0 spiro atoms. The van der Waals surface area contributed by atoms with Crippen molar-refractivity contribution >= 4 is 11.6 Å². The number of nitrogens with two attached hydrogens (primary N) is 1. The minimum absolute atomic E-state index is 0.394. The highest BCUT2D eigenvalue weighted by molar-refractivity contribution is 6.30. The van der Waals surface area contributed by atoms with Crippen LogP contribution in [0.1, 0.15) is 22.7 Å². The van der Waals surface area contributed by atoms with Crippen LogP contribution in [0.25, 0.3) is 0 Å². The molecule has 2 aromatic rings. The second-order valence-electron chi connectivity index (χ2n) is 3.88. The molecule has 1 aromatic carbocycles. The maximum absolute atomic E-state index is 13.6. The molecule has 2 rings (SSSR count). The summed E-state index contributed by atoms with van der Waals surface area (Å²) >= 11 is 5.87. The van der Waals surface area contributed by atoms with E-state index < -0.39 is 11.9 Å². The normalized spacial score (nSPS) is 12.5. The SMILES string of the molecule is Cc1cc(Cl)ccc1C(N)c1ccncc1F. The van der Waals surface area contributed by atoms with Crippen LogP contribution in [0.3, 0.4) is 0 Å². The summed E-state index contributed by atoms with van der Waals surface area (Å²) < 4.78 is 13.6. The van der Waals surface area contributed by atoms with Crippen LogP contribution in [0, 0.1) is 12.7 Å². The first kappa shape index (κ1) is 12.0. The van der Waals surface area contributed by atoms with Gasteiger partial charge in [-0.25, -0.2) is 4.39 Å². The smallest absolute Gasteiger partial charge is 0.146 e. The first-order chi connectivity index (χ1) is 8.09. The maximum atomic E-state index is 13.6. The van der Waals surface area contributed by atoms with E-state index in [4.69, 9.17) is 17.3 Å². The largest absolute Gasteiger partial charge is 0.320 e. The predicted molar refractivity (Wildman–Crippen MR) is 66.4 cm³/mol. The van der Waals surface area contributed by atoms with Crippen LogP contribution in [-0.4, -0.2) is 4.98 Å². The van der Waals surface area contributed by atoms with E-state index in [0.29, 0.717) is 10.6 Å². The van der Waals surface area contributed by atoms with Crippen molar-refractivity contribution < 1.29 is 4.39 Å². The van der Waals surface area contributed by atoms with Crippen molar-refractivity contribution in [2.75, 3.05) is 0 Å². The van der Waals surface area contributed by atoms with Gasteiger partial charge >= 0.3 is 0 Å². The fourth-order valence-electron chi connectivity index (χ4n) is 1.79. The molecule has 1 atom stereocenters. The van der Waals surface area contributed by atoms with Crippen molar-refractivity contribution in [3.05, 3.63) is 64.2 Å². The number of nitrogens with zero attached hydrogens (tertiary/aromatic N) is 1. The first-order valence-corrected chi connectivity index (χ1v) is 5.58. The fourth-order valence-corrected chi connectivity index (χ4v) is 2.02. The minimum Gasteiger partial charge on any atom is -0.320 e. The number of aryl methyl sites for hydroxylation is 1. The average Bonchev–Trinajstić information content (AvgIpc) is 2.29. The van der Waals surface area contributed by atoms with Crippen molar-refractivity contribution in [2.24, 2.45) is 5.73 Å². The molecule has 17 heavy (non-hydrogen) atoms. The van der Waals surface area contributed by atoms with Crippen LogP contribution in [0.15, 0.2) is 36.7 Å². The Kier molecular flexibility index (Phi) is 3.41. The second kappa shape index (κ2) is 4.82. The summed E-state index contributed by atoms with van der Waals surface area (Å²) in [7, 11) is 0. The van der Waals surface area contributed by atoms with Crippen LogP contribution in [-0.2, 0) is 0 Å². The van der Waals surface area contributed by atoms with Gasteiger partial charge < -0.3 is 5.73 Å². The summed E-state index contributed by atoms with van der Waals surface area (Å²) in [5.41, 5.74) is 8.30. The molecule has 88 valence electrons. The summed E-state index contributed by atoms with van der Waals surface area (Å²) in [5, 5.41) is 0.647. The van der Waals surface area contributed by atoms with Gasteiger partial charge in [-0.15, -0.1) is 0 Å². The van der Waals surface area contributed by atoms with Gasteiger partial charge in [0, 0.05) is 16.8 Å². The number of benzene rings is 1. The zero-order valence-electron chi connectivity index (χ0n) is 9.32. The maximum Gasteiger partial charge on any atom is 0.146 e. The van der Waals surface area contributed by atoms with Crippen LogP contribution in [0.4, 0.5) is 4.39 Å². The van der Waals surface area contributed by atoms with E-state index in [1.807, 2.05) is 19.1 Å². The monoisotopic (exact) mass is 250 g/mol. The summed E-state index contributed by atoms with van der Waals surface area (Å²) in [6.45, 7) is 1.90. The third-order valence-electron chi connectivity index (χ3n) is 2.71. The lowest BCUT2D eigenvalue weighted by Crippen LogP contribution is -2.15. The quantitative estimate of drug-likeness (QED) is 0.889.